The average Bonchev–Trinajstić information content (AvgIpc) is 2.37. The highest BCUT2D eigenvalue weighted by atomic mass is 79.9. The van der Waals surface area contributed by atoms with Crippen LogP contribution in [0.25, 0.3) is 0 Å². The number of rotatable bonds is 4. The molecule has 0 saturated heterocycles. The molecule has 1 heterocycles. The Labute approximate surface area is 114 Å². The zero-order valence-corrected chi connectivity index (χ0v) is 11.4. The van der Waals surface area contributed by atoms with E-state index in [-0.39, 0.29) is 0 Å². The Morgan fingerprint density at radius 1 is 1.18 bits per heavy atom. The molecule has 88 valence electrons. The van der Waals surface area contributed by atoms with Gasteiger partial charge in [-0.2, -0.15) is 0 Å². The summed E-state index contributed by atoms with van der Waals surface area (Å²) in [5.41, 5.74) is 2.06. The SMILES string of the molecule is Clc1cccc(OCc2ccncc2)c1CBr. The molecule has 0 radical (unpaired) electrons. The van der Waals surface area contributed by atoms with Gasteiger partial charge in [0.25, 0.3) is 0 Å². The molecule has 2 nitrogen and oxygen atoms in total. The summed E-state index contributed by atoms with van der Waals surface area (Å²) in [4.78, 5) is 3.96. The third kappa shape index (κ3) is 3.20. The van der Waals surface area contributed by atoms with Gasteiger partial charge in [0.1, 0.15) is 12.4 Å². The summed E-state index contributed by atoms with van der Waals surface area (Å²) in [5, 5.41) is 1.40. The van der Waals surface area contributed by atoms with Crippen molar-refractivity contribution in [1.29, 1.82) is 0 Å². The molecule has 2 rings (SSSR count). The Hall–Kier alpha value is -1.06. The molecular weight excluding hydrogens is 302 g/mol. The van der Waals surface area contributed by atoms with Crippen molar-refractivity contribution in [3.8, 4) is 5.75 Å². The van der Waals surface area contributed by atoms with E-state index in [0.29, 0.717) is 17.0 Å². The highest BCUT2D eigenvalue weighted by Gasteiger charge is 2.06. The van der Waals surface area contributed by atoms with Gasteiger partial charge in [0.15, 0.2) is 0 Å². The van der Waals surface area contributed by atoms with Crippen LogP contribution < -0.4 is 4.74 Å². The predicted molar refractivity (Wildman–Crippen MR) is 72.7 cm³/mol. The van der Waals surface area contributed by atoms with E-state index in [9.17, 15) is 0 Å². The monoisotopic (exact) mass is 311 g/mol. The maximum Gasteiger partial charge on any atom is 0.125 e. The molecule has 0 spiro atoms. The second kappa shape index (κ2) is 6.03. The van der Waals surface area contributed by atoms with E-state index in [4.69, 9.17) is 16.3 Å². The van der Waals surface area contributed by atoms with E-state index in [1.54, 1.807) is 12.4 Å². The zero-order chi connectivity index (χ0) is 12.1. The third-order valence-corrected chi connectivity index (χ3v) is 3.27. The molecule has 1 aromatic heterocycles. The fourth-order valence-corrected chi connectivity index (χ4v) is 2.42. The smallest absolute Gasteiger partial charge is 0.125 e. The Bertz CT molecular complexity index is 490. The van der Waals surface area contributed by atoms with E-state index in [1.165, 1.54) is 0 Å². The lowest BCUT2D eigenvalue weighted by Gasteiger charge is -2.11. The van der Waals surface area contributed by atoms with E-state index in [2.05, 4.69) is 20.9 Å². The van der Waals surface area contributed by atoms with E-state index >= 15 is 0 Å². The lowest BCUT2D eigenvalue weighted by atomic mass is 10.2. The minimum Gasteiger partial charge on any atom is -0.489 e. The fraction of sp³-hybridized carbons (Fsp3) is 0.154. The van der Waals surface area contributed by atoms with Crippen LogP contribution in [0.15, 0.2) is 42.7 Å². The summed E-state index contributed by atoms with van der Waals surface area (Å²) in [6.07, 6.45) is 3.50. The Morgan fingerprint density at radius 2 is 1.94 bits per heavy atom. The second-order valence-corrected chi connectivity index (χ2v) is 4.46. The van der Waals surface area contributed by atoms with Crippen LogP contribution in [0.3, 0.4) is 0 Å². The van der Waals surface area contributed by atoms with Crippen LogP contribution in [0.2, 0.25) is 5.02 Å². The summed E-state index contributed by atoms with van der Waals surface area (Å²) in [7, 11) is 0. The van der Waals surface area contributed by atoms with Crippen molar-refractivity contribution in [1.82, 2.24) is 4.98 Å². The van der Waals surface area contributed by atoms with Crippen LogP contribution in [0.4, 0.5) is 0 Å². The number of ether oxygens (including phenoxy) is 1. The Kier molecular flexibility index (Phi) is 4.40. The van der Waals surface area contributed by atoms with Gasteiger partial charge in [-0.15, -0.1) is 0 Å². The van der Waals surface area contributed by atoms with Crippen LogP contribution in [-0.4, -0.2) is 4.98 Å². The van der Waals surface area contributed by atoms with Gasteiger partial charge in [0.2, 0.25) is 0 Å². The van der Waals surface area contributed by atoms with Gasteiger partial charge >= 0.3 is 0 Å². The first kappa shape index (κ1) is 12.4. The molecule has 0 unspecified atom stereocenters. The van der Waals surface area contributed by atoms with Crippen molar-refractivity contribution in [2.75, 3.05) is 0 Å². The standard InChI is InChI=1S/C13H11BrClNO/c14-8-11-12(15)2-1-3-13(11)17-9-10-4-6-16-7-5-10/h1-7H,8-9H2. The lowest BCUT2D eigenvalue weighted by molar-refractivity contribution is 0.304. The normalized spacial score (nSPS) is 10.2. The number of halogens is 2. The summed E-state index contributed by atoms with van der Waals surface area (Å²) in [6.45, 7) is 0.517. The molecule has 4 heteroatoms. The van der Waals surface area contributed by atoms with Gasteiger partial charge in [0, 0.05) is 28.3 Å². The van der Waals surface area contributed by atoms with Gasteiger partial charge in [0.05, 0.1) is 0 Å². The molecule has 0 atom stereocenters. The number of hydrogen-bond acceptors (Lipinski definition) is 2. The third-order valence-electron chi connectivity index (χ3n) is 2.35. The quantitative estimate of drug-likeness (QED) is 0.789. The van der Waals surface area contributed by atoms with E-state index in [0.717, 1.165) is 16.9 Å². The average molecular weight is 313 g/mol. The molecule has 0 amide bonds. The predicted octanol–water partition coefficient (Wildman–Crippen LogP) is 4.21. The van der Waals surface area contributed by atoms with Crippen LogP contribution in [0.1, 0.15) is 11.1 Å². The lowest BCUT2D eigenvalue weighted by Crippen LogP contribution is -1.98. The van der Waals surface area contributed by atoms with Crippen LogP contribution >= 0.6 is 27.5 Å². The maximum absolute atomic E-state index is 6.09. The zero-order valence-electron chi connectivity index (χ0n) is 9.07. The molecule has 0 aliphatic heterocycles. The van der Waals surface area contributed by atoms with Crippen molar-refractivity contribution in [2.45, 2.75) is 11.9 Å². The van der Waals surface area contributed by atoms with Gasteiger partial charge in [-0.1, -0.05) is 33.6 Å². The first-order chi connectivity index (χ1) is 8.31. The summed E-state index contributed by atoms with van der Waals surface area (Å²) in [5.74, 6) is 0.811. The van der Waals surface area contributed by atoms with Crippen molar-refractivity contribution in [3.05, 3.63) is 58.9 Å². The van der Waals surface area contributed by atoms with Gasteiger partial charge < -0.3 is 4.74 Å². The number of aromatic nitrogens is 1. The minimum absolute atomic E-state index is 0.517. The molecule has 0 N–H and O–H groups in total. The van der Waals surface area contributed by atoms with Crippen molar-refractivity contribution in [2.24, 2.45) is 0 Å². The maximum atomic E-state index is 6.09. The minimum atomic E-state index is 0.517. The second-order valence-electron chi connectivity index (χ2n) is 3.49. The van der Waals surface area contributed by atoms with E-state index in [1.807, 2.05) is 30.3 Å². The number of alkyl halides is 1. The molecule has 0 aliphatic rings. The molecule has 2 aromatic rings. The molecule has 0 aliphatic carbocycles. The number of hydrogen-bond donors (Lipinski definition) is 0. The van der Waals surface area contributed by atoms with Gasteiger partial charge in [-0.05, 0) is 29.8 Å². The van der Waals surface area contributed by atoms with Crippen LogP contribution in [0, 0.1) is 0 Å². The molecule has 0 saturated carbocycles. The van der Waals surface area contributed by atoms with Crippen molar-refractivity contribution in [3.63, 3.8) is 0 Å². The molecular formula is C13H11BrClNO. The first-order valence-electron chi connectivity index (χ1n) is 5.16. The van der Waals surface area contributed by atoms with Gasteiger partial charge in [-0.25, -0.2) is 0 Å². The summed E-state index contributed by atoms with van der Waals surface area (Å²) < 4.78 is 5.75. The number of nitrogens with zero attached hydrogens (tertiary/aromatic N) is 1. The highest BCUT2D eigenvalue weighted by Crippen LogP contribution is 2.29. The molecule has 0 fully saturated rings. The molecule has 0 bridgehead atoms. The largest absolute Gasteiger partial charge is 0.489 e. The topological polar surface area (TPSA) is 22.1 Å². The van der Waals surface area contributed by atoms with Crippen molar-refractivity contribution < 1.29 is 4.74 Å². The van der Waals surface area contributed by atoms with E-state index < -0.39 is 0 Å². The highest BCUT2D eigenvalue weighted by molar-refractivity contribution is 9.08. The summed E-state index contributed by atoms with van der Waals surface area (Å²) >= 11 is 9.50. The van der Waals surface area contributed by atoms with Crippen LogP contribution in [-0.2, 0) is 11.9 Å². The number of benzene rings is 1. The van der Waals surface area contributed by atoms with Crippen LogP contribution in [0.5, 0.6) is 5.75 Å². The Morgan fingerprint density at radius 3 is 2.65 bits per heavy atom. The van der Waals surface area contributed by atoms with Crippen molar-refractivity contribution >= 4 is 27.5 Å². The van der Waals surface area contributed by atoms with Gasteiger partial charge in [-0.3, -0.25) is 4.98 Å². The number of pyridine rings is 1. The molecule has 1 aromatic carbocycles. The Balaban J connectivity index is 2.12. The summed E-state index contributed by atoms with van der Waals surface area (Å²) in [6, 6.07) is 9.52. The molecule has 17 heavy (non-hydrogen) atoms. The fourth-order valence-electron chi connectivity index (χ4n) is 1.44. The first-order valence-corrected chi connectivity index (χ1v) is 6.66.